The summed E-state index contributed by atoms with van der Waals surface area (Å²) in [6, 6.07) is 7.45. The lowest BCUT2D eigenvalue weighted by Gasteiger charge is -2.47. The molecule has 0 radical (unpaired) electrons. The number of benzene rings is 1. The highest BCUT2D eigenvalue weighted by atomic mass is 35.5. The van der Waals surface area contributed by atoms with Gasteiger partial charge < -0.3 is 21.3 Å². The van der Waals surface area contributed by atoms with Crippen molar-refractivity contribution < 1.29 is 14.4 Å². The van der Waals surface area contributed by atoms with Crippen molar-refractivity contribution in [1.29, 1.82) is 0 Å². The number of halogens is 1. The summed E-state index contributed by atoms with van der Waals surface area (Å²) >= 11 is 5.61. The summed E-state index contributed by atoms with van der Waals surface area (Å²) in [7, 11) is 0. The molecule has 3 amide bonds. The smallest absolute Gasteiger partial charge is 0.227 e. The maximum Gasteiger partial charge on any atom is 0.227 e. The van der Waals surface area contributed by atoms with Crippen LogP contribution in [-0.2, 0) is 14.4 Å². The van der Waals surface area contributed by atoms with Gasteiger partial charge in [-0.15, -0.1) is 6.58 Å². The lowest BCUT2D eigenvalue weighted by molar-refractivity contribution is -0.146. The predicted molar refractivity (Wildman–Crippen MR) is 203 cm³/mol. The number of hydrogen-bond donors (Lipinski definition) is 3. The molecule has 1 aliphatic carbocycles. The highest BCUT2D eigenvalue weighted by molar-refractivity contribution is 6.30. The zero-order chi connectivity index (χ0) is 36.3. The first kappa shape index (κ1) is 43.4. The van der Waals surface area contributed by atoms with E-state index in [1.54, 1.807) is 0 Å². The van der Waals surface area contributed by atoms with Crippen molar-refractivity contribution in [2.24, 2.45) is 28.9 Å². The summed E-state index contributed by atoms with van der Waals surface area (Å²) in [5.41, 5.74) is 7.01. The van der Waals surface area contributed by atoms with Crippen LogP contribution in [0.25, 0.3) is 0 Å². The third-order valence-corrected chi connectivity index (χ3v) is 9.82. The summed E-state index contributed by atoms with van der Waals surface area (Å²) in [6.45, 7) is 21.4. The lowest BCUT2D eigenvalue weighted by atomic mass is 9.63. The van der Waals surface area contributed by atoms with E-state index in [-0.39, 0.29) is 47.6 Å². The maximum atomic E-state index is 13.6. The van der Waals surface area contributed by atoms with Crippen LogP contribution in [0.3, 0.4) is 0 Å². The molecule has 0 bridgehead atoms. The highest BCUT2D eigenvalue weighted by Gasteiger charge is 2.48. The number of piperidine rings is 1. The number of carbonyl (C=O) groups excluding carboxylic acids is 3. The lowest BCUT2D eigenvalue weighted by Crippen LogP contribution is -2.57. The average molecular weight is 687 g/mol. The molecule has 2 aliphatic rings. The molecule has 1 heterocycles. The summed E-state index contributed by atoms with van der Waals surface area (Å²) in [4.78, 5) is 41.5. The van der Waals surface area contributed by atoms with Gasteiger partial charge in [0.1, 0.15) is 0 Å². The normalized spacial score (nSPS) is 18.2. The van der Waals surface area contributed by atoms with E-state index in [9.17, 15) is 14.4 Å². The first-order valence-electron chi connectivity index (χ1n) is 18.3. The molecule has 1 aromatic carbocycles. The number of nitrogens with two attached hydrogens (primary N) is 1. The maximum absolute atomic E-state index is 13.6. The number of amides is 3. The van der Waals surface area contributed by atoms with Crippen LogP contribution in [0.2, 0.25) is 5.02 Å². The molecule has 0 aromatic heterocycles. The van der Waals surface area contributed by atoms with E-state index >= 15 is 0 Å². The minimum atomic E-state index is -0.392. The van der Waals surface area contributed by atoms with Crippen molar-refractivity contribution in [3.05, 3.63) is 59.7 Å². The summed E-state index contributed by atoms with van der Waals surface area (Å²) < 4.78 is 0. The van der Waals surface area contributed by atoms with Crippen LogP contribution in [0.15, 0.2) is 49.1 Å². The number of likely N-dealkylation sites (tertiary alicyclic amines) is 1. The zero-order valence-corrected chi connectivity index (χ0v) is 32.1. The van der Waals surface area contributed by atoms with Crippen LogP contribution in [0, 0.1) is 30.1 Å². The number of carbonyl (C=O) groups is 3. The van der Waals surface area contributed by atoms with Gasteiger partial charge in [-0.1, -0.05) is 87.6 Å². The first-order valence-corrected chi connectivity index (χ1v) is 18.7. The molecule has 8 heteroatoms. The average Bonchev–Trinajstić information content (AvgIpc) is 3.07. The van der Waals surface area contributed by atoms with Gasteiger partial charge in [-0.2, -0.15) is 0 Å². The van der Waals surface area contributed by atoms with Crippen molar-refractivity contribution in [1.82, 2.24) is 15.5 Å². The number of allylic oxidation sites excluding steroid dienone is 2. The third kappa shape index (κ3) is 14.5. The standard InChI is InChI=1S/C31H54N4O3.C7H7Cl.C2H6/c1-7-9-16-25(27(32)23(3)13-8-2)28(37)33-20-17-26(36)35-21-18-31(19-22-35,24-14-11-10-12-15-24)29(38)34-30(4,5)6;1-6-2-4-7(8)5-3-6;1-2/h7-8,13,23-25,27H,1,9-12,14-22,32H2,2-6H3,(H,33,37)(H,34,38);2-5H,1H3;1-2H3/b13-8-;;. The second-order valence-corrected chi connectivity index (χ2v) is 14.8. The second kappa shape index (κ2) is 22.2. The molecule has 1 saturated heterocycles. The molecular weight excluding hydrogens is 620 g/mol. The fourth-order valence-corrected chi connectivity index (χ4v) is 6.93. The molecule has 1 aliphatic heterocycles. The summed E-state index contributed by atoms with van der Waals surface area (Å²) in [5, 5.41) is 7.02. The molecule has 3 rings (SSSR count). The highest BCUT2D eigenvalue weighted by Crippen LogP contribution is 2.46. The molecule has 4 N–H and O–H groups in total. The molecule has 7 nitrogen and oxygen atoms in total. The molecule has 0 spiro atoms. The quantitative estimate of drug-likeness (QED) is 0.192. The molecule has 48 heavy (non-hydrogen) atoms. The van der Waals surface area contributed by atoms with Crippen LogP contribution in [0.1, 0.15) is 118 Å². The van der Waals surface area contributed by atoms with Crippen molar-refractivity contribution in [2.75, 3.05) is 19.6 Å². The minimum absolute atomic E-state index is 0.0352. The van der Waals surface area contributed by atoms with Crippen LogP contribution in [-0.4, -0.2) is 53.8 Å². The van der Waals surface area contributed by atoms with Gasteiger partial charge in [-0.3, -0.25) is 14.4 Å². The Morgan fingerprint density at radius 3 is 2.17 bits per heavy atom. The number of nitrogens with one attached hydrogen (secondary N) is 2. The Morgan fingerprint density at radius 2 is 1.67 bits per heavy atom. The summed E-state index contributed by atoms with van der Waals surface area (Å²) in [5.74, 6) is 0.226. The molecule has 3 unspecified atom stereocenters. The van der Waals surface area contributed by atoms with Crippen molar-refractivity contribution in [3.63, 3.8) is 0 Å². The molecule has 1 aromatic rings. The van der Waals surface area contributed by atoms with Gasteiger partial charge >= 0.3 is 0 Å². The molecule has 3 atom stereocenters. The van der Waals surface area contributed by atoms with Crippen LogP contribution < -0.4 is 16.4 Å². The molecule has 272 valence electrons. The Hall–Kier alpha value is -2.64. The van der Waals surface area contributed by atoms with Gasteiger partial charge in [0.25, 0.3) is 0 Å². The van der Waals surface area contributed by atoms with E-state index < -0.39 is 5.41 Å². The Balaban J connectivity index is 0.000000989. The van der Waals surface area contributed by atoms with E-state index in [1.807, 2.05) is 103 Å². The van der Waals surface area contributed by atoms with Gasteiger partial charge in [0.15, 0.2) is 0 Å². The SMILES string of the molecule is C=CCCC(C(=O)NCCC(=O)N1CCC(C(=O)NC(C)(C)C)(C2CCCCC2)CC1)C(N)C(C)/C=C\C.CC.Cc1ccc(Cl)cc1. The van der Waals surface area contributed by atoms with Crippen LogP contribution in [0.5, 0.6) is 0 Å². The molecule has 2 fully saturated rings. The number of rotatable bonds is 12. The largest absolute Gasteiger partial charge is 0.355 e. The van der Waals surface area contributed by atoms with E-state index in [2.05, 4.69) is 17.2 Å². The Morgan fingerprint density at radius 1 is 1.08 bits per heavy atom. The van der Waals surface area contributed by atoms with E-state index in [4.69, 9.17) is 17.3 Å². The van der Waals surface area contributed by atoms with E-state index in [1.165, 1.54) is 24.8 Å². The van der Waals surface area contributed by atoms with Crippen LogP contribution >= 0.6 is 11.6 Å². The molecular formula is C40H67ClN4O3. The van der Waals surface area contributed by atoms with Gasteiger partial charge in [-0.25, -0.2) is 0 Å². The van der Waals surface area contributed by atoms with Gasteiger partial charge in [0.2, 0.25) is 17.7 Å². The van der Waals surface area contributed by atoms with Crippen molar-refractivity contribution in [2.45, 2.75) is 131 Å². The summed E-state index contributed by atoms with van der Waals surface area (Å²) in [6.07, 6.45) is 14.6. The Labute approximate surface area is 297 Å². The number of nitrogens with zero attached hydrogens (tertiary/aromatic N) is 1. The molecule has 1 saturated carbocycles. The topological polar surface area (TPSA) is 105 Å². The monoisotopic (exact) mass is 686 g/mol. The van der Waals surface area contributed by atoms with E-state index in [0.717, 1.165) is 17.9 Å². The third-order valence-electron chi connectivity index (χ3n) is 9.57. The van der Waals surface area contributed by atoms with Gasteiger partial charge in [0, 0.05) is 42.7 Å². The number of hydrogen-bond acceptors (Lipinski definition) is 4. The zero-order valence-electron chi connectivity index (χ0n) is 31.4. The van der Waals surface area contributed by atoms with Crippen molar-refractivity contribution in [3.8, 4) is 0 Å². The minimum Gasteiger partial charge on any atom is -0.355 e. The van der Waals surface area contributed by atoms with E-state index in [0.29, 0.717) is 51.2 Å². The second-order valence-electron chi connectivity index (χ2n) is 14.3. The van der Waals surface area contributed by atoms with Gasteiger partial charge in [-0.05, 0) is 97.1 Å². The first-order chi connectivity index (χ1) is 22.7. The van der Waals surface area contributed by atoms with Crippen LogP contribution in [0.4, 0.5) is 0 Å². The predicted octanol–water partition coefficient (Wildman–Crippen LogP) is 8.39. The Bertz CT molecular complexity index is 1110. The van der Waals surface area contributed by atoms with Crippen molar-refractivity contribution >= 4 is 29.3 Å². The fraction of sp³-hybridized carbons (Fsp3) is 0.675. The number of aryl methyl sites for hydroxylation is 1. The Kier molecular flexibility index (Phi) is 20.0. The van der Waals surface area contributed by atoms with Gasteiger partial charge in [0.05, 0.1) is 11.3 Å². The fourth-order valence-electron chi connectivity index (χ4n) is 6.81.